The van der Waals surface area contributed by atoms with E-state index in [9.17, 15) is 4.79 Å². The third-order valence-corrected chi connectivity index (χ3v) is 2.39. The minimum Gasteiger partial charge on any atom is -0.508 e. The molecule has 2 aromatic rings. The van der Waals surface area contributed by atoms with Crippen LogP contribution in [0.15, 0.2) is 53.5 Å². The third kappa shape index (κ3) is 2.95. The van der Waals surface area contributed by atoms with Gasteiger partial charge in [-0.05, 0) is 48.0 Å². The van der Waals surface area contributed by atoms with Gasteiger partial charge < -0.3 is 10.8 Å². The van der Waals surface area contributed by atoms with E-state index in [1.54, 1.807) is 54.7 Å². The van der Waals surface area contributed by atoms with Gasteiger partial charge in [0.15, 0.2) is 0 Å². The van der Waals surface area contributed by atoms with Crippen molar-refractivity contribution in [3.8, 4) is 5.75 Å². The highest BCUT2D eigenvalue weighted by molar-refractivity contribution is 5.93. The molecule has 0 aromatic heterocycles. The van der Waals surface area contributed by atoms with E-state index in [4.69, 9.17) is 10.8 Å². The number of carbonyl (C=O) groups excluding carboxylic acids is 1. The van der Waals surface area contributed by atoms with Crippen molar-refractivity contribution in [2.24, 2.45) is 10.7 Å². The van der Waals surface area contributed by atoms with Crippen LogP contribution >= 0.6 is 0 Å². The maximum absolute atomic E-state index is 11.0. The molecule has 0 saturated carbocycles. The summed E-state index contributed by atoms with van der Waals surface area (Å²) in [5, 5.41) is 9.14. The average molecular weight is 240 g/mol. The molecule has 0 spiro atoms. The van der Waals surface area contributed by atoms with Gasteiger partial charge in [-0.1, -0.05) is 6.07 Å². The van der Waals surface area contributed by atoms with Crippen LogP contribution < -0.4 is 5.73 Å². The van der Waals surface area contributed by atoms with E-state index in [1.165, 1.54) is 0 Å². The van der Waals surface area contributed by atoms with E-state index in [0.717, 1.165) is 5.56 Å². The lowest BCUT2D eigenvalue weighted by molar-refractivity contribution is 0.100. The molecule has 18 heavy (non-hydrogen) atoms. The minimum absolute atomic E-state index is 0.211. The second-order valence-electron chi connectivity index (χ2n) is 3.76. The number of nitrogens with two attached hydrogens (primary N) is 1. The largest absolute Gasteiger partial charge is 0.508 e. The molecule has 0 saturated heterocycles. The highest BCUT2D eigenvalue weighted by Gasteiger charge is 1.99. The van der Waals surface area contributed by atoms with Gasteiger partial charge in [0.25, 0.3) is 0 Å². The highest BCUT2D eigenvalue weighted by atomic mass is 16.3. The topological polar surface area (TPSA) is 75.7 Å². The number of phenolic OH excluding ortho intramolecular Hbond substituents is 1. The van der Waals surface area contributed by atoms with Crippen LogP contribution in [0.3, 0.4) is 0 Å². The van der Waals surface area contributed by atoms with Crippen molar-refractivity contribution < 1.29 is 9.90 Å². The molecule has 0 aliphatic carbocycles. The zero-order chi connectivity index (χ0) is 13.0. The van der Waals surface area contributed by atoms with Gasteiger partial charge in [0.05, 0.1) is 5.69 Å². The number of amides is 1. The molecule has 0 bridgehead atoms. The van der Waals surface area contributed by atoms with Gasteiger partial charge in [-0.25, -0.2) is 0 Å². The Balaban J connectivity index is 2.20. The average Bonchev–Trinajstić information content (AvgIpc) is 2.38. The van der Waals surface area contributed by atoms with Crippen molar-refractivity contribution >= 4 is 17.8 Å². The van der Waals surface area contributed by atoms with E-state index in [1.807, 2.05) is 0 Å². The smallest absolute Gasteiger partial charge is 0.248 e. The Labute approximate surface area is 104 Å². The Kier molecular flexibility index (Phi) is 3.38. The van der Waals surface area contributed by atoms with Crippen LogP contribution in [-0.4, -0.2) is 17.2 Å². The van der Waals surface area contributed by atoms with Crippen LogP contribution in [0.2, 0.25) is 0 Å². The zero-order valence-electron chi connectivity index (χ0n) is 9.58. The highest BCUT2D eigenvalue weighted by Crippen LogP contribution is 2.14. The normalized spacial score (nSPS) is 10.7. The van der Waals surface area contributed by atoms with Gasteiger partial charge in [-0.2, -0.15) is 0 Å². The molecular weight excluding hydrogens is 228 g/mol. The van der Waals surface area contributed by atoms with Crippen LogP contribution in [0, 0.1) is 0 Å². The maximum atomic E-state index is 11.0. The summed E-state index contributed by atoms with van der Waals surface area (Å²) in [5.74, 6) is -0.264. The van der Waals surface area contributed by atoms with Crippen molar-refractivity contribution in [3.05, 3.63) is 59.7 Å². The van der Waals surface area contributed by atoms with Crippen molar-refractivity contribution in [3.63, 3.8) is 0 Å². The van der Waals surface area contributed by atoms with Crippen LogP contribution in [-0.2, 0) is 0 Å². The zero-order valence-corrected chi connectivity index (χ0v) is 9.58. The lowest BCUT2D eigenvalue weighted by Crippen LogP contribution is -2.10. The summed E-state index contributed by atoms with van der Waals surface area (Å²) in [5.41, 5.74) is 7.13. The molecule has 90 valence electrons. The molecule has 0 unspecified atom stereocenters. The van der Waals surface area contributed by atoms with Gasteiger partial charge in [0, 0.05) is 11.8 Å². The summed E-state index contributed by atoms with van der Waals surface area (Å²) in [6, 6.07) is 13.4. The number of nitrogens with zero attached hydrogens (tertiary/aromatic N) is 1. The van der Waals surface area contributed by atoms with Crippen LogP contribution in [0.25, 0.3) is 0 Å². The van der Waals surface area contributed by atoms with Crippen molar-refractivity contribution in [2.75, 3.05) is 0 Å². The Morgan fingerprint density at radius 2 is 1.89 bits per heavy atom. The number of rotatable bonds is 3. The van der Waals surface area contributed by atoms with Crippen molar-refractivity contribution in [2.45, 2.75) is 0 Å². The van der Waals surface area contributed by atoms with E-state index in [2.05, 4.69) is 4.99 Å². The van der Waals surface area contributed by atoms with E-state index < -0.39 is 5.91 Å². The standard InChI is InChI=1S/C14H12N2O2/c15-14(18)11-2-1-3-12(8-11)16-9-10-4-6-13(17)7-5-10/h1-9,17H,(H2,15,18). The Morgan fingerprint density at radius 3 is 2.56 bits per heavy atom. The molecule has 2 rings (SSSR count). The predicted molar refractivity (Wildman–Crippen MR) is 70.3 cm³/mol. The molecule has 0 aliphatic rings. The molecule has 4 nitrogen and oxygen atoms in total. The Hall–Kier alpha value is -2.62. The Morgan fingerprint density at radius 1 is 1.17 bits per heavy atom. The first-order valence-electron chi connectivity index (χ1n) is 5.38. The monoisotopic (exact) mass is 240 g/mol. The molecule has 0 heterocycles. The molecule has 1 amide bonds. The molecular formula is C14H12N2O2. The molecule has 4 heteroatoms. The summed E-state index contributed by atoms with van der Waals surface area (Å²) in [4.78, 5) is 15.2. The molecule has 3 N–H and O–H groups in total. The quantitative estimate of drug-likeness (QED) is 0.807. The van der Waals surface area contributed by atoms with Crippen LogP contribution in [0.1, 0.15) is 15.9 Å². The van der Waals surface area contributed by atoms with Gasteiger partial charge in [0.1, 0.15) is 5.75 Å². The summed E-state index contributed by atoms with van der Waals surface area (Å²) in [7, 11) is 0. The predicted octanol–water partition coefficient (Wildman–Crippen LogP) is 2.24. The molecule has 0 radical (unpaired) electrons. The number of aliphatic imine (C=N–C) groups is 1. The third-order valence-electron chi connectivity index (χ3n) is 2.39. The second-order valence-corrected chi connectivity index (χ2v) is 3.76. The first kappa shape index (κ1) is 11.9. The summed E-state index contributed by atoms with van der Waals surface area (Å²) in [6.45, 7) is 0. The van der Waals surface area contributed by atoms with E-state index in [0.29, 0.717) is 11.3 Å². The molecule has 2 aromatic carbocycles. The number of hydrogen-bond acceptors (Lipinski definition) is 3. The fraction of sp³-hybridized carbons (Fsp3) is 0. The number of phenols is 1. The fourth-order valence-corrected chi connectivity index (χ4v) is 1.45. The van der Waals surface area contributed by atoms with E-state index >= 15 is 0 Å². The SMILES string of the molecule is NC(=O)c1cccc(N=Cc2ccc(O)cc2)c1. The lowest BCUT2D eigenvalue weighted by atomic mass is 10.2. The summed E-state index contributed by atoms with van der Waals surface area (Å²) < 4.78 is 0. The van der Waals surface area contributed by atoms with Crippen molar-refractivity contribution in [1.29, 1.82) is 0 Å². The number of benzene rings is 2. The van der Waals surface area contributed by atoms with Gasteiger partial charge in [0.2, 0.25) is 5.91 Å². The molecule has 0 aliphatic heterocycles. The minimum atomic E-state index is -0.475. The van der Waals surface area contributed by atoms with Gasteiger partial charge in [-0.3, -0.25) is 9.79 Å². The number of aromatic hydroxyl groups is 1. The number of carbonyl (C=O) groups is 1. The van der Waals surface area contributed by atoms with E-state index in [-0.39, 0.29) is 5.75 Å². The number of hydrogen-bond donors (Lipinski definition) is 2. The van der Waals surface area contributed by atoms with Crippen LogP contribution in [0.4, 0.5) is 5.69 Å². The summed E-state index contributed by atoms with van der Waals surface area (Å²) in [6.07, 6.45) is 1.65. The first-order chi connectivity index (χ1) is 8.65. The van der Waals surface area contributed by atoms with Crippen molar-refractivity contribution in [1.82, 2.24) is 0 Å². The van der Waals surface area contributed by atoms with Gasteiger partial charge in [-0.15, -0.1) is 0 Å². The Bertz CT molecular complexity index is 589. The number of primary amides is 1. The first-order valence-corrected chi connectivity index (χ1v) is 5.38. The maximum Gasteiger partial charge on any atom is 0.248 e. The lowest BCUT2D eigenvalue weighted by Gasteiger charge is -1.98. The summed E-state index contributed by atoms with van der Waals surface area (Å²) >= 11 is 0. The fourth-order valence-electron chi connectivity index (χ4n) is 1.45. The molecule has 0 fully saturated rings. The molecule has 0 atom stereocenters. The van der Waals surface area contributed by atoms with Gasteiger partial charge >= 0.3 is 0 Å². The van der Waals surface area contributed by atoms with Crippen LogP contribution in [0.5, 0.6) is 5.75 Å². The second kappa shape index (κ2) is 5.14.